The molecule has 1 fully saturated rings. The van der Waals surface area contributed by atoms with Crippen molar-refractivity contribution in [3.05, 3.63) is 95.3 Å². The van der Waals surface area contributed by atoms with Gasteiger partial charge in [0.25, 0.3) is 15.9 Å². The number of carbonyl (C=O) groups is 1. The van der Waals surface area contributed by atoms with Crippen LogP contribution in [-0.4, -0.2) is 52.1 Å². The number of sulfonamides is 1. The number of halogens is 1. The molecule has 0 aliphatic carbocycles. The van der Waals surface area contributed by atoms with E-state index < -0.39 is 15.8 Å². The summed E-state index contributed by atoms with van der Waals surface area (Å²) in [6, 6.07) is 19.4. The normalized spacial score (nSPS) is 15.4. The Morgan fingerprint density at radius 2 is 1.77 bits per heavy atom. The second kappa shape index (κ2) is 11.0. The van der Waals surface area contributed by atoms with Gasteiger partial charge in [0.15, 0.2) is 0 Å². The Labute approximate surface area is 205 Å². The molecule has 3 aromatic carbocycles. The van der Waals surface area contributed by atoms with E-state index in [1.807, 2.05) is 30.3 Å². The average molecular weight is 498 g/mol. The highest BCUT2D eigenvalue weighted by molar-refractivity contribution is 7.92. The zero-order valence-corrected chi connectivity index (χ0v) is 20.2. The predicted molar refractivity (Wildman–Crippen MR) is 132 cm³/mol. The maximum absolute atomic E-state index is 13.9. The monoisotopic (exact) mass is 497 g/mol. The van der Waals surface area contributed by atoms with E-state index in [0.717, 1.165) is 24.7 Å². The van der Waals surface area contributed by atoms with Crippen molar-refractivity contribution >= 4 is 21.6 Å². The van der Waals surface area contributed by atoms with Gasteiger partial charge in [0.1, 0.15) is 5.82 Å². The highest BCUT2D eigenvalue weighted by Crippen LogP contribution is 2.21. The summed E-state index contributed by atoms with van der Waals surface area (Å²) < 4.78 is 47.2. The standard InChI is InChI=1S/C26H28FN3O4S/c1-19-10-11-23(17-24(19)27)35(32,33)29-22-9-5-8-21(16-22)26(31)28-25(20-6-3-2-4-7-20)18-30-12-14-34-15-13-30/h2-11,16-17,25,29H,12-15,18H2,1H3,(H,28,31)/t25-/m0/s1. The molecule has 35 heavy (non-hydrogen) atoms. The van der Waals surface area contributed by atoms with E-state index in [9.17, 15) is 17.6 Å². The SMILES string of the molecule is Cc1ccc(S(=O)(=O)Nc2cccc(C(=O)N[C@@H](CN3CCOCC3)c3ccccc3)c2)cc1F. The van der Waals surface area contributed by atoms with Crippen LogP contribution >= 0.6 is 0 Å². The number of anilines is 1. The Balaban J connectivity index is 1.51. The maximum atomic E-state index is 13.9. The van der Waals surface area contributed by atoms with Crippen molar-refractivity contribution in [3.63, 3.8) is 0 Å². The van der Waals surface area contributed by atoms with Crippen LogP contribution in [0.4, 0.5) is 10.1 Å². The molecule has 3 aromatic rings. The zero-order valence-electron chi connectivity index (χ0n) is 19.4. The van der Waals surface area contributed by atoms with E-state index in [4.69, 9.17) is 4.74 Å². The van der Waals surface area contributed by atoms with Gasteiger partial charge < -0.3 is 10.1 Å². The second-order valence-electron chi connectivity index (χ2n) is 8.45. The first-order valence-corrected chi connectivity index (χ1v) is 12.8. The molecule has 7 nitrogen and oxygen atoms in total. The van der Waals surface area contributed by atoms with Crippen LogP contribution in [0.15, 0.2) is 77.7 Å². The van der Waals surface area contributed by atoms with Crippen molar-refractivity contribution in [2.24, 2.45) is 0 Å². The number of nitrogens with one attached hydrogen (secondary N) is 2. The van der Waals surface area contributed by atoms with Crippen molar-refractivity contribution in [1.82, 2.24) is 10.2 Å². The van der Waals surface area contributed by atoms with Crippen molar-refractivity contribution in [3.8, 4) is 0 Å². The van der Waals surface area contributed by atoms with Crippen LogP contribution in [-0.2, 0) is 14.8 Å². The molecule has 1 amide bonds. The van der Waals surface area contributed by atoms with Gasteiger partial charge in [-0.1, -0.05) is 42.5 Å². The molecule has 1 aliphatic heterocycles. The predicted octanol–water partition coefficient (Wildman–Crippen LogP) is 3.74. The molecule has 1 saturated heterocycles. The Hall–Kier alpha value is -3.27. The molecule has 1 aliphatic rings. The van der Waals surface area contributed by atoms with E-state index in [0.29, 0.717) is 30.9 Å². The van der Waals surface area contributed by atoms with Crippen molar-refractivity contribution < 1.29 is 22.3 Å². The summed E-state index contributed by atoms with van der Waals surface area (Å²) in [7, 11) is -4.02. The summed E-state index contributed by atoms with van der Waals surface area (Å²) in [4.78, 5) is 15.2. The molecule has 0 unspecified atom stereocenters. The van der Waals surface area contributed by atoms with Gasteiger partial charge in [0.05, 0.1) is 24.2 Å². The van der Waals surface area contributed by atoms with Gasteiger partial charge in [-0.05, 0) is 48.4 Å². The number of rotatable bonds is 8. The van der Waals surface area contributed by atoms with Crippen molar-refractivity contribution in [1.29, 1.82) is 0 Å². The number of benzene rings is 3. The lowest BCUT2D eigenvalue weighted by molar-refractivity contribution is 0.0332. The molecular formula is C26H28FN3O4S. The summed E-state index contributed by atoms with van der Waals surface area (Å²) in [5.41, 5.74) is 1.85. The third-order valence-corrected chi connectivity index (χ3v) is 7.26. The first-order valence-electron chi connectivity index (χ1n) is 11.4. The van der Waals surface area contributed by atoms with Crippen LogP contribution < -0.4 is 10.0 Å². The number of hydrogen-bond acceptors (Lipinski definition) is 5. The van der Waals surface area contributed by atoms with E-state index >= 15 is 0 Å². The van der Waals surface area contributed by atoms with Gasteiger partial charge in [-0.3, -0.25) is 14.4 Å². The van der Waals surface area contributed by atoms with E-state index in [1.165, 1.54) is 18.2 Å². The minimum Gasteiger partial charge on any atom is -0.379 e. The smallest absolute Gasteiger partial charge is 0.261 e. The Morgan fingerprint density at radius 3 is 2.49 bits per heavy atom. The van der Waals surface area contributed by atoms with Crippen LogP contribution in [0, 0.1) is 12.7 Å². The van der Waals surface area contributed by atoms with Gasteiger partial charge in [-0.2, -0.15) is 0 Å². The van der Waals surface area contributed by atoms with E-state index in [2.05, 4.69) is 14.9 Å². The lowest BCUT2D eigenvalue weighted by Crippen LogP contribution is -2.43. The Bertz CT molecular complexity index is 1280. The maximum Gasteiger partial charge on any atom is 0.261 e. The fraction of sp³-hybridized carbons (Fsp3) is 0.269. The molecule has 9 heteroatoms. The summed E-state index contributed by atoms with van der Waals surface area (Å²) in [6.45, 7) is 5.07. The summed E-state index contributed by atoms with van der Waals surface area (Å²) in [5, 5.41) is 3.08. The fourth-order valence-corrected chi connectivity index (χ4v) is 4.94. The minimum atomic E-state index is -4.02. The number of morpholine rings is 1. The largest absolute Gasteiger partial charge is 0.379 e. The average Bonchev–Trinajstić information content (AvgIpc) is 2.86. The van der Waals surface area contributed by atoms with Crippen LogP contribution in [0.5, 0.6) is 0 Å². The molecule has 4 rings (SSSR count). The first kappa shape index (κ1) is 24.8. The van der Waals surface area contributed by atoms with Crippen molar-refractivity contribution in [2.75, 3.05) is 37.6 Å². The van der Waals surface area contributed by atoms with Crippen molar-refractivity contribution in [2.45, 2.75) is 17.9 Å². The molecule has 0 radical (unpaired) electrons. The van der Waals surface area contributed by atoms with Crippen LogP contribution in [0.1, 0.15) is 27.5 Å². The lowest BCUT2D eigenvalue weighted by Gasteiger charge is -2.31. The Morgan fingerprint density at radius 1 is 1.03 bits per heavy atom. The topological polar surface area (TPSA) is 87.7 Å². The molecule has 0 bridgehead atoms. The summed E-state index contributed by atoms with van der Waals surface area (Å²) >= 11 is 0. The third kappa shape index (κ3) is 6.45. The molecule has 0 saturated carbocycles. The van der Waals surface area contributed by atoms with Gasteiger partial charge in [0, 0.05) is 30.9 Å². The molecule has 2 N–H and O–H groups in total. The van der Waals surface area contributed by atoms with E-state index in [-0.39, 0.29) is 22.5 Å². The molecule has 0 aromatic heterocycles. The number of amides is 1. The lowest BCUT2D eigenvalue weighted by atomic mass is 10.1. The third-order valence-electron chi connectivity index (χ3n) is 5.88. The fourth-order valence-electron chi connectivity index (χ4n) is 3.88. The van der Waals surface area contributed by atoms with Crippen LogP contribution in [0.25, 0.3) is 0 Å². The van der Waals surface area contributed by atoms with E-state index in [1.54, 1.807) is 25.1 Å². The number of nitrogens with zero attached hydrogens (tertiary/aromatic N) is 1. The number of aryl methyl sites for hydroxylation is 1. The number of carbonyl (C=O) groups excluding carboxylic acids is 1. The molecule has 0 spiro atoms. The highest BCUT2D eigenvalue weighted by atomic mass is 32.2. The Kier molecular flexibility index (Phi) is 7.80. The second-order valence-corrected chi connectivity index (χ2v) is 10.1. The van der Waals surface area contributed by atoms with Gasteiger partial charge in [0.2, 0.25) is 0 Å². The molecule has 1 heterocycles. The first-order chi connectivity index (χ1) is 16.8. The molecular weight excluding hydrogens is 469 g/mol. The molecule has 1 atom stereocenters. The number of ether oxygens (including phenoxy) is 1. The van der Waals surface area contributed by atoms with Gasteiger partial charge in [-0.25, -0.2) is 12.8 Å². The van der Waals surface area contributed by atoms with Gasteiger partial charge in [-0.15, -0.1) is 0 Å². The zero-order chi connectivity index (χ0) is 24.8. The van der Waals surface area contributed by atoms with Crippen LogP contribution in [0.3, 0.4) is 0 Å². The minimum absolute atomic E-state index is 0.190. The highest BCUT2D eigenvalue weighted by Gasteiger charge is 2.22. The van der Waals surface area contributed by atoms with Crippen LogP contribution in [0.2, 0.25) is 0 Å². The molecule has 184 valence electrons. The quantitative estimate of drug-likeness (QED) is 0.495. The summed E-state index contributed by atoms with van der Waals surface area (Å²) in [5.74, 6) is -0.928. The summed E-state index contributed by atoms with van der Waals surface area (Å²) in [6.07, 6.45) is 0. The number of hydrogen-bond donors (Lipinski definition) is 2. The van der Waals surface area contributed by atoms with Gasteiger partial charge >= 0.3 is 0 Å².